The van der Waals surface area contributed by atoms with Gasteiger partial charge in [0.1, 0.15) is 11.3 Å². The van der Waals surface area contributed by atoms with Gasteiger partial charge in [-0.1, -0.05) is 10.3 Å². The summed E-state index contributed by atoms with van der Waals surface area (Å²) >= 11 is 3.75. The Labute approximate surface area is 90.8 Å². The zero-order valence-corrected chi connectivity index (χ0v) is 9.04. The molecule has 0 bridgehead atoms. The minimum atomic E-state index is -0.399. The van der Waals surface area contributed by atoms with Gasteiger partial charge in [-0.3, -0.25) is 4.79 Å². The molecule has 0 saturated heterocycles. The number of nitrogens with zero attached hydrogens (tertiary/aromatic N) is 2. The van der Waals surface area contributed by atoms with Crippen LogP contribution in [0.25, 0.3) is 11.5 Å². The zero-order chi connectivity index (χ0) is 11.0. The third-order valence-corrected chi connectivity index (χ3v) is 2.16. The lowest BCUT2D eigenvalue weighted by Gasteiger charge is -1.91. The second-order valence-corrected chi connectivity index (χ2v) is 3.51. The van der Waals surface area contributed by atoms with Crippen LogP contribution >= 0.6 is 12.6 Å². The molecule has 0 radical (unpaired) electrons. The third kappa shape index (κ3) is 1.68. The monoisotopic (exact) mass is 224 g/mol. The summed E-state index contributed by atoms with van der Waals surface area (Å²) in [5, 5.41) is 7.05. The fourth-order valence-corrected chi connectivity index (χ4v) is 1.53. The average Bonchev–Trinajstić information content (AvgIpc) is 2.71. The maximum absolute atomic E-state index is 11.2. The van der Waals surface area contributed by atoms with E-state index in [0.29, 0.717) is 28.5 Å². The second-order valence-electron chi connectivity index (χ2n) is 3.10. The van der Waals surface area contributed by atoms with Crippen LogP contribution in [0.2, 0.25) is 0 Å². The predicted molar refractivity (Wildman–Crippen MR) is 54.8 cm³/mol. The number of carbonyl (C=O) groups excluding carboxylic acids is 1. The van der Waals surface area contributed by atoms with Crippen molar-refractivity contribution < 1.29 is 13.8 Å². The van der Waals surface area contributed by atoms with Crippen molar-refractivity contribution >= 4 is 17.7 Å². The quantitative estimate of drug-likeness (QED) is 0.790. The largest absolute Gasteiger partial charge is 0.361 e. The Morgan fingerprint density at radius 2 is 2.07 bits per heavy atom. The molecule has 2 aromatic heterocycles. The minimum Gasteiger partial charge on any atom is -0.361 e. The fraction of sp³-hybridized carbons (Fsp3) is 0.222. The van der Waals surface area contributed by atoms with Crippen LogP contribution in [0.4, 0.5) is 0 Å². The van der Waals surface area contributed by atoms with Gasteiger partial charge in [0.05, 0.1) is 5.69 Å². The Hall–Kier alpha value is -1.56. The summed E-state index contributed by atoms with van der Waals surface area (Å²) in [6.45, 7) is 3.42. The molecular weight excluding hydrogens is 216 g/mol. The van der Waals surface area contributed by atoms with Crippen molar-refractivity contribution in [1.29, 1.82) is 0 Å². The Morgan fingerprint density at radius 1 is 1.33 bits per heavy atom. The molecule has 0 atom stereocenters. The van der Waals surface area contributed by atoms with Crippen LogP contribution in [0.15, 0.2) is 15.1 Å². The van der Waals surface area contributed by atoms with E-state index in [1.165, 1.54) is 0 Å². The van der Waals surface area contributed by atoms with Gasteiger partial charge >= 0.3 is 0 Å². The SMILES string of the molecule is Cc1cc(-c2onc(C)c2C(=O)S)no1. The van der Waals surface area contributed by atoms with E-state index in [0.717, 1.165) is 0 Å². The lowest BCUT2D eigenvalue weighted by atomic mass is 10.2. The van der Waals surface area contributed by atoms with Gasteiger partial charge in [-0.15, -0.1) is 12.6 Å². The lowest BCUT2D eigenvalue weighted by molar-refractivity contribution is 0.109. The molecule has 0 unspecified atom stereocenters. The van der Waals surface area contributed by atoms with Gasteiger partial charge in [0.25, 0.3) is 0 Å². The molecule has 78 valence electrons. The van der Waals surface area contributed by atoms with E-state index in [1.807, 2.05) is 0 Å². The predicted octanol–water partition coefficient (Wildman–Crippen LogP) is 2.02. The maximum Gasteiger partial charge on any atom is 0.222 e. The van der Waals surface area contributed by atoms with Crippen LogP contribution in [-0.4, -0.2) is 15.4 Å². The van der Waals surface area contributed by atoms with Crippen molar-refractivity contribution in [1.82, 2.24) is 10.3 Å². The molecule has 6 heteroatoms. The summed E-state index contributed by atoms with van der Waals surface area (Å²) in [4.78, 5) is 11.2. The molecule has 0 aliphatic rings. The molecule has 2 rings (SSSR count). The fourth-order valence-electron chi connectivity index (χ4n) is 1.27. The van der Waals surface area contributed by atoms with Gasteiger partial charge in [-0.25, -0.2) is 0 Å². The molecule has 0 aliphatic carbocycles. The van der Waals surface area contributed by atoms with Crippen LogP contribution in [0.3, 0.4) is 0 Å². The number of rotatable bonds is 2. The molecule has 0 aliphatic heterocycles. The van der Waals surface area contributed by atoms with Crippen LogP contribution in [-0.2, 0) is 0 Å². The van der Waals surface area contributed by atoms with E-state index in [9.17, 15) is 4.79 Å². The number of aromatic nitrogens is 2. The van der Waals surface area contributed by atoms with Crippen molar-refractivity contribution in [2.45, 2.75) is 13.8 Å². The number of hydrogen-bond acceptors (Lipinski definition) is 5. The second kappa shape index (κ2) is 3.54. The highest BCUT2D eigenvalue weighted by atomic mass is 32.1. The maximum atomic E-state index is 11.2. The number of thiol groups is 1. The summed E-state index contributed by atoms with van der Waals surface area (Å²) in [7, 11) is 0. The standard InChI is InChI=1S/C9H8N2O3S/c1-4-3-6(11-13-4)8-7(9(12)15)5(2)10-14-8/h3H,1-2H3,(H,12,15). The first kappa shape index (κ1) is 9.97. The highest BCUT2D eigenvalue weighted by molar-refractivity contribution is 7.97. The first-order chi connectivity index (χ1) is 7.09. The summed E-state index contributed by atoms with van der Waals surface area (Å²) < 4.78 is 9.90. The number of hydrogen-bond donors (Lipinski definition) is 1. The van der Waals surface area contributed by atoms with Crippen LogP contribution in [0, 0.1) is 13.8 Å². The Bertz CT molecular complexity index is 515. The molecule has 0 spiro atoms. The Kier molecular flexibility index (Phi) is 2.36. The van der Waals surface area contributed by atoms with Gasteiger partial charge in [0.2, 0.25) is 10.9 Å². The average molecular weight is 224 g/mol. The van der Waals surface area contributed by atoms with Gasteiger partial charge in [-0.05, 0) is 13.8 Å². The van der Waals surface area contributed by atoms with Gasteiger partial charge in [0.15, 0.2) is 5.69 Å². The minimum absolute atomic E-state index is 0.296. The van der Waals surface area contributed by atoms with Crippen LogP contribution in [0.1, 0.15) is 21.8 Å². The molecule has 5 nitrogen and oxygen atoms in total. The molecule has 0 aromatic carbocycles. The van der Waals surface area contributed by atoms with Gasteiger partial charge in [-0.2, -0.15) is 0 Å². The topological polar surface area (TPSA) is 69.1 Å². The van der Waals surface area contributed by atoms with E-state index < -0.39 is 5.12 Å². The van der Waals surface area contributed by atoms with Crippen molar-refractivity contribution in [3.05, 3.63) is 23.1 Å². The van der Waals surface area contributed by atoms with E-state index in [4.69, 9.17) is 9.05 Å². The Balaban J connectivity index is 2.58. The van der Waals surface area contributed by atoms with Gasteiger partial charge in [0, 0.05) is 6.07 Å². The molecule has 0 saturated carbocycles. The van der Waals surface area contributed by atoms with Crippen molar-refractivity contribution in [3.63, 3.8) is 0 Å². The summed E-state index contributed by atoms with van der Waals surface area (Å²) in [5.74, 6) is 0.931. The van der Waals surface area contributed by atoms with Crippen molar-refractivity contribution in [3.8, 4) is 11.5 Å². The van der Waals surface area contributed by atoms with Crippen molar-refractivity contribution in [2.24, 2.45) is 0 Å². The summed E-state index contributed by atoms with van der Waals surface area (Å²) in [5.41, 5.74) is 1.27. The van der Waals surface area contributed by atoms with E-state index in [1.54, 1.807) is 19.9 Å². The lowest BCUT2D eigenvalue weighted by Crippen LogP contribution is -1.92. The summed E-state index contributed by atoms with van der Waals surface area (Å²) in [6.07, 6.45) is 0. The molecular formula is C9H8N2O3S. The number of aryl methyl sites for hydroxylation is 2. The first-order valence-corrected chi connectivity index (χ1v) is 4.67. The smallest absolute Gasteiger partial charge is 0.222 e. The van der Waals surface area contributed by atoms with E-state index in [2.05, 4.69) is 22.9 Å². The molecule has 0 fully saturated rings. The van der Waals surface area contributed by atoms with E-state index >= 15 is 0 Å². The normalized spacial score (nSPS) is 10.6. The molecule has 0 amide bonds. The highest BCUT2D eigenvalue weighted by Crippen LogP contribution is 2.26. The first-order valence-electron chi connectivity index (χ1n) is 4.23. The van der Waals surface area contributed by atoms with Crippen molar-refractivity contribution in [2.75, 3.05) is 0 Å². The Morgan fingerprint density at radius 3 is 2.60 bits per heavy atom. The van der Waals surface area contributed by atoms with Crippen LogP contribution < -0.4 is 0 Å². The van der Waals surface area contributed by atoms with E-state index in [-0.39, 0.29) is 0 Å². The third-order valence-electron chi connectivity index (χ3n) is 1.94. The molecule has 15 heavy (non-hydrogen) atoms. The van der Waals surface area contributed by atoms with Crippen LogP contribution in [0.5, 0.6) is 0 Å². The van der Waals surface area contributed by atoms with Gasteiger partial charge < -0.3 is 9.05 Å². The number of carbonyl (C=O) groups is 1. The zero-order valence-electron chi connectivity index (χ0n) is 8.14. The molecule has 2 heterocycles. The summed E-state index contributed by atoms with van der Waals surface area (Å²) in [6, 6.07) is 1.67. The molecule has 0 N–H and O–H groups in total. The molecule has 2 aromatic rings. The highest BCUT2D eigenvalue weighted by Gasteiger charge is 2.21.